The fourth-order valence-electron chi connectivity index (χ4n) is 4.37. The number of aliphatic hydroxyl groups excluding tert-OH is 8. The van der Waals surface area contributed by atoms with Crippen LogP contribution in [0.5, 0.6) is 0 Å². The van der Waals surface area contributed by atoms with E-state index in [0.29, 0.717) is 0 Å². The number of carboxylic acids is 1. The number of hydrogen-bond donors (Lipinski definition) is 10. The van der Waals surface area contributed by atoms with Crippen LogP contribution in [0.1, 0.15) is 13.8 Å². The summed E-state index contributed by atoms with van der Waals surface area (Å²) in [5.41, 5.74) is 0. The topological polar surface area (TPSA) is 274 Å². The average Bonchev–Trinajstić information content (AvgIpc) is 2.83. The van der Waals surface area contributed by atoms with Crippen LogP contribution in [-0.4, -0.2) is 156 Å². The quantitative estimate of drug-likeness (QED) is 0.143. The molecule has 37 heavy (non-hydrogen) atoms. The number of aliphatic carboxylic acids is 1. The van der Waals surface area contributed by atoms with Crippen LogP contribution in [0.15, 0.2) is 0 Å². The Morgan fingerprint density at radius 3 is 1.92 bits per heavy atom. The van der Waals surface area contributed by atoms with E-state index in [1.807, 2.05) is 0 Å². The number of ether oxygens (including phenoxy) is 5. The molecule has 3 heterocycles. The Kier molecular flexibility index (Phi) is 9.78. The molecule has 1 amide bonds. The molecule has 17 heteroatoms. The predicted molar refractivity (Wildman–Crippen MR) is 112 cm³/mol. The number of amides is 1. The van der Waals surface area contributed by atoms with Crippen molar-refractivity contribution in [2.45, 2.75) is 106 Å². The highest BCUT2D eigenvalue weighted by molar-refractivity contribution is 5.73. The summed E-state index contributed by atoms with van der Waals surface area (Å²) in [4.78, 5) is 23.5. The highest BCUT2D eigenvalue weighted by atomic mass is 16.7. The lowest BCUT2D eigenvalue weighted by Gasteiger charge is -2.47. The monoisotopic (exact) mass is 543 g/mol. The minimum atomic E-state index is -2.07. The van der Waals surface area contributed by atoms with Gasteiger partial charge >= 0.3 is 5.97 Å². The van der Waals surface area contributed by atoms with Crippen molar-refractivity contribution in [1.29, 1.82) is 0 Å². The molecule has 3 rings (SSSR count). The molecule has 0 bridgehead atoms. The van der Waals surface area contributed by atoms with Crippen LogP contribution in [0.4, 0.5) is 0 Å². The molecule has 0 aromatic rings. The van der Waals surface area contributed by atoms with Crippen molar-refractivity contribution in [2.24, 2.45) is 0 Å². The molecule has 0 saturated carbocycles. The van der Waals surface area contributed by atoms with E-state index in [1.165, 1.54) is 6.92 Å². The molecular weight excluding hydrogens is 510 g/mol. The van der Waals surface area contributed by atoms with E-state index in [0.717, 1.165) is 6.92 Å². The van der Waals surface area contributed by atoms with Crippen LogP contribution in [0.3, 0.4) is 0 Å². The van der Waals surface area contributed by atoms with Gasteiger partial charge in [0.05, 0.1) is 12.7 Å². The largest absolute Gasteiger partial charge is 0.479 e. The molecule has 214 valence electrons. The number of aliphatic hydroxyl groups is 8. The second-order valence-electron chi connectivity index (χ2n) is 9.09. The van der Waals surface area contributed by atoms with Gasteiger partial charge in [-0.3, -0.25) is 4.79 Å². The summed E-state index contributed by atoms with van der Waals surface area (Å²) in [5.74, 6) is -2.38. The summed E-state index contributed by atoms with van der Waals surface area (Å²) in [6.45, 7) is 1.65. The Balaban J connectivity index is 1.81. The number of carboxylic acid groups (broad SMARTS) is 1. The molecular formula is C20H33NO16. The van der Waals surface area contributed by atoms with Crippen molar-refractivity contribution in [2.75, 3.05) is 6.61 Å². The van der Waals surface area contributed by atoms with Crippen molar-refractivity contribution in [1.82, 2.24) is 5.32 Å². The second kappa shape index (κ2) is 12.1. The molecule has 3 aliphatic rings. The normalized spacial score (nSPS) is 48.9. The highest BCUT2D eigenvalue weighted by Crippen LogP contribution is 2.32. The minimum absolute atomic E-state index is 0.675. The Morgan fingerprint density at radius 2 is 1.35 bits per heavy atom. The molecule has 0 aromatic carbocycles. The van der Waals surface area contributed by atoms with Gasteiger partial charge in [-0.1, -0.05) is 0 Å². The van der Waals surface area contributed by atoms with Gasteiger partial charge in [0.15, 0.2) is 25.0 Å². The molecule has 3 saturated heterocycles. The van der Waals surface area contributed by atoms with Gasteiger partial charge in [-0.25, -0.2) is 4.79 Å². The van der Waals surface area contributed by atoms with Crippen LogP contribution >= 0.6 is 0 Å². The molecule has 17 nitrogen and oxygen atoms in total. The first-order valence-electron chi connectivity index (χ1n) is 11.4. The molecule has 10 N–H and O–H groups in total. The molecule has 0 radical (unpaired) electrons. The zero-order valence-corrected chi connectivity index (χ0v) is 19.8. The lowest BCUT2D eigenvalue weighted by atomic mass is 9.95. The van der Waals surface area contributed by atoms with Gasteiger partial charge < -0.3 is 75.0 Å². The molecule has 15 atom stereocenters. The van der Waals surface area contributed by atoms with E-state index in [9.17, 15) is 55.5 Å². The third-order valence-electron chi connectivity index (χ3n) is 6.42. The van der Waals surface area contributed by atoms with Gasteiger partial charge in [0.2, 0.25) is 5.91 Å². The smallest absolute Gasteiger partial charge is 0.335 e. The number of hydrogen-bond acceptors (Lipinski definition) is 15. The molecule has 3 aliphatic heterocycles. The summed E-state index contributed by atoms with van der Waals surface area (Å²) in [7, 11) is 0. The second-order valence-corrected chi connectivity index (χ2v) is 9.09. The van der Waals surface area contributed by atoms with Crippen molar-refractivity contribution in [3.05, 3.63) is 0 Å². The molecule has 0 spiro atoms. The third-order valence-corrected chi connectivity index (χ3v) is 6.42. The van der Waals surface area contributed by atoms with E-state index in [-0.39, 0.29) is 0 Å². The Morgan fingerprint density at radius 1 is 0.784 bits per heavy atom. The van der Waals surface area contributed by atoms with Crippen molar-refractivity contribution >= 4 is 11.9 Å². The Hall–Kier alpha value is -1.58. The first-order chi connectivity index (χ1) is 17.3. The summed E-state index contributed by atoms with van der Waals surface area (Å²) >= 11 is 0. The lowest BCUT2D eigenvalue weighted by molar-refractivity contribution is -0.365. The number of carbonyl (C=O) groups excluding carboxylic acids is 1. The molecule has 0 unspecified atom stereocenters. The van der Waals surface area contributed by atoms with Crippen LogP contribution in [0.25, 0.3) is 0 Å². The van der Waals surface area contributed by atoms with E-state index in [2.05, 4.69) is 5.32 Å². The Bertz CT molecular complexity index is 802. The number of carbonyl (C=O) groups is 2. The van der Waals surface area contributed by atoms with Gasteiger partial charge in [-0.2, -0.15) is 0 Å². The standard InChI is InChI=1S/C20H33NO16/c1-4-8(24)10(26)12(28)19(33-4)36-15-11(27)13(29)20(37-16(15)17(30)31)35-14-7(21-5(2)23)18(32)34-6(3-22)9(14)25/h4,6-16,18-20,22,24-29,32H,3H2,1-2H3,(H,21,23)(H,30,31)/t4-,6+,7+,8-,9-,10+,11+,12+,13+,14+,15+,16-,18+,19-,20+/m0/s1. The zero-order valence-electron chi connectivity index (χ0n) is 19.8. The van der Waals surface area contributed by atoms with Crippen molar-refractivity contribution < 1.29 is 79.2 Å². The summed E-state index contributed by atoms with van der Waals surface area (Å²) < 4.78 is 26.5. The average molecular weight is 543 g/mol. The predicted octanol–water partition coefficient (Wildman–Crippen LogP) is -6.31. The summed E-state index contributed by atoms with van der Waals surface area (Å²) in [6.07, 6.45) is -24.4. The fraction of sp³-hybridized carbons (Fsp3) is 0.900. The van der Waals surface area contributed by atoms with Crippen LogP contribution in [-0.2, 0) is 33.3 Å². The fourth-order valence-corrected chi connectivity index (χ4v) is 4.37. The minimum Gasteiger partial charge on any atom is -0.479 e. The third kappa shape index (κ3) is 6.19. The SMILES string of the molecule is CC(=O)N[C@@H]1[C@@H](O[C@@H]2O[C@H](C(=O)O)[C@H](O[C@@H]3O[C@@H](C)[C@H](O)[C@@H](O)[C@H]3O)[C@H](O)[C@H]2O)[C@@H](O)[C@@H](CO)O[C@H]1O. The molecule has 3 fully saturated rings. The highest BCUT2D eigenvalue weighted by Gasteiger charge is 2.55. The molecule has 0 aliphatic carbocycles. The summed E-state index contributed by atoms with van der Waals surface area (Å²) in [5, 5.41) is 93.4. The maximum atomic E-state index is 11.9. The van der Waals surface area contributed by atoms with E-state index in [4.69, 9.17) is 23.7 Å². The first kappa shape index (κ1) is 30.0. The number of rotatable bonds is 7. The number of nitrogens with one attached hydrogen (secondary N) is 1. The first-order valence-corrected chi connectivity index (χ1v) is 11.4. The lowest BCUT2D eigenvalue weighted by Crippen LogP contribution is -2.68. The van der Waals surface area contributed by atoms with Crippen LogP contribution < -0.4 is 5.32 Å². The maximum Gasteiger partial charge on any atom is 0.335 e. The van der Waals surface area contributed by atoms with Gasteiger partial charge in [-0.05, 0) is 6.92 Å². The molecule has 0 aromatic heterocycles. The Labute approximate surface area is 209 Å². The van der Waals surface area contributed by atoms with Crippen molar-refractivity contribution in [3.8, 4) is 0 Å². The zero-order chi connectivity index (χ0) is 27.8. The maximum absolute atomic E-state index is 11.9. The van der Waals surface area contributed by atoms with Gasteiger partial charge in [-0.15, -0.1) is 0 Å². The van der Waals surface area contributed by atoms with Crippen LogP contribution in [0.2, 0.25) is 0 Å². The van der Waals surface area contributed by atoms with E-state index >= 15 is 0 Å². The van der Waals surface area contributed by atoms with Gasteiger partial charge in [0, 0.05) is 6.92 Å². The summed E-state index contributed by atoms with van der Waals surface area (Å²) in [6, 6.07) is -1.46. The van der Waals surface area contributed by atoms with Gasteiger partial charge in [0.25, 0.3) is 0 Å². The van der Waals surface area contributed by atoms with Crippen molar-refractivity contribution in [3.63, 3.8) is 0 Å². The van der Waals surface area contributed by atoms with Crippen LogP contribution in [0, 0.1) is 0 Å². The van der Waals surface area contributed by atoms with E-state index in [1.54, 1.807) is 0 Å². The van der Waals surface area contributed by atoms with E-state index < -0.39 is 111 Å². The van der Waals surface area contributed by atoms with Gasteiger partial charge in [0.1, 0.15) is 61.0 Å².